The quantitative estimate of drug-likeness (QED) is 0.863. The summed E-state index contributed by atoms with van der Waals surface area (Å²) in [7, 11) is 0. The third-order valence-corrected chi connectivity index (χ3v) is 3.10. The fourth-order valence-corrected chi connectivity index (χ4v) is 2.06. The molecule has 6 nitrogen and oxygen atoms in total. The predicted octanol–water partition coefficient (Wildman–Crippen LogP) is 0.868. The van der Waals surface area contributed by atoms with Crippen molar-refractivity contribution in [2.45, 2.75) is 6.42 Å². The highest BCUT2D eigenvalue weighted by molar-refractivity contribution is 6.03. The van der Waals surface area contributed by atoms with Gasteiger partial charge in [-0.3, -0.25) is 9.59 Å². The molecular weight excluding hydrogens is 294 g/mol. The molecule has 0 atom stereocenters. The van der Waals surface area contributed by atoms with Gasteiger partial charge in [0.05, 0.1) is 24.5 Å². The summed E-state index contributed by atoms with van der Waals surface area (Å²) in [6.45, 7) is 2.53. The van der Waals surface area contributed by atoms with Crippen molar-refractivity contribution < 1.29 is 14.3 Å². The van der Waals surface area contributed by atoms with Crippen LogP contribution in [0.3, 0.4) is 0 Å². The van der Waals surface area contributed by atoms with Crippen LogP contribution in [0.25, 0.3) is 0 Å². The van der Waals surface area contributed by atoms with E-state index >= 15 is 0 Å². The number of carbonyl (C=O) groups is 2. The molecule has 116 valence electrons. The van der Waals surface area contributed by atoms with E-state index in [0.29, 0.717) is 37.6 Å². The number of morpholine rings is 1. The molecule has 0 bridgehead atoms. The molecule has 7 heteroatoms. The minimum Gasteiger partial charge on any atom is -0.378 e. The second kappa shape index (κ2) is 8.61. The maximum absolute atomic E-state index is 12.5. The number of benzene rings is 1. The summed E-state index contributed by atoms with van der Waals surface area (Å²) in [5.41, 5.74) is 6.38. The van der Waals surface area contributed by atoms with Gasteiger partial charge in [0.2, 0.25) is 5.91 Å². The van der Waals surface area contributed by atoms with Crippen LogP contribution in [0.5, 0.6) is 0 Å². The van der Waals surface area contributed by atoms with Crippen LogP contribution < -0.4 is 11.1 Å². The normalized spacial score (nSPS) is 14.2. The molecule has 21 heavy (non-hydrogen) atoms. The van der Waals surface area contributed by atoms with Crippen LogP contribution in [0, 0.1) is 0 Å². The molecular formula is C14H20ClN3O3. The Balaban J connectivity index is 0.00000220. The maximum Gasteiger partial charge on any atom is 0.256 e. The zero-order valence-corrected chi connectivity index (χ0v) is 12.5. The maximum atomic E-state index is 12.5. The Morgan fingerprint density at radius 2 is 1.90 bits per heavy atom. The number of ether oxygens (including phenoxy) is 1. The molecule has 1 saturated heterocycles. The highest BCUT2D eigenvalue weighted by Crippen LogP contribution is 2.18. The van der Waals surface area contributed by atoms with E-state index in [4.69, 9.17) is 10.5 Å². The van der Waals surface area contributed by atoms with Crippen LogP contribution in [-0.4, -0.2) is 49.6 Å². The number of hydrogen-bond acceptors (Lipinski definition) is 4. The number of carbonyl (C=O) groups excluding carboxylic acids is 2. The van der Waals surface area contributed by atoms with Crippen LogP contribution in [0.15, 0.2) is 24.3 Å². The molecule has 0 aliphatic carbocycles. The molecule has 2 rings (SSSR count). The molecule has 2 amide bonds. The van der Waals surface area contributed by atoms with Crippen molar-refractivity contribution in [1.29, 1.82) is 0 Å². The number of nitrogens with one attached hydrogen (secondary N) is 1. The third kappa shape index (κ3) is 4.70. The first-order chi connectivity index (χ1) is 9.72. The van der Waals surface area contributed by atoms with Crippen LogP contribution in [0.1, 0.15) is 16.8 Å². The molecule has 0 aromatic heterocycles. The van der Waals surface area contributed by atoms with Gasteiger partial charge in [-0.2, -0.15) is 0 Å². The summed E-state index contributed by atoms with van der Waals surface area (Å²) in [5, 5.41) is 2.73. The Hall–Kier alpha value is -1.63. The first-order valence-electron chi connectivity index (χ1n) is 6.68. The van der Waals surface area contributed by atoms with Gasteiger partial charge in [-0.05, 0) is 12.1 Å². The van der Waals surface area contributed by atoms with E-state index in [1.165, 1.54) is 0 Å². The molecule has 1 heterocycles. The summed E-state index contributed by atoms with van der Waals surface area (Å²) >= 11 is 0. The Bertz CT molecular complexity index is 490. The average Bonchev–Trinajstić information content (AvgIpc) is 2.48. The molecule has 1 aliphatic rings. The molecule has 1 aromatic carbocycles. The van der Waals surface area contributed by atoms with Gasteiger partial charge in [0.1, 0.15) is 0 Å². The molecule has 1 fully saturated rings. The molecule has 0 unspecified atom stereocenters. The summed E-state index contributed by atoms with van der Waals surface area (Å²) in [4.78, 5) is 25.8. The Morgan fingerprint density at radius 3 is 2.57 bits per heavy atom. The van der Waals surface area contributed by atoms with Gasteiger partial charge >= 0.3 is 0 Å². The van der Waals surface area contributed by atoms with Crippen molar-refractivity contribution >= 4 is 29.9 Å². The number of nitrogens with two attached hydrogens (primary N) is 1. The van der Waals surface area contributed by atoms with Crippen molar-refractivity contribution in [1.82, 2.24) is 4.90 Å². The highest BCUT2D eigenvalue weighted by atomic mass is 35.5. The van der Waals surface area contributed by atoms with Gasteiger partial charge in [-0.1, -0.05) is 12.1 Å². The highest BCUT2D eigenvalue weighted by Gasteiger charge is 2.21. The van der Waals surface area contributed by atoms with Crippen LogP contribution in [0.2, 0.25) is 0 Å². The molecule has 1 aliphatic heterocycles. The lowest BCUT2D eigenvalue weighted by molar-refractivity contribution is -0.116. The van der Waals surface area contributed by atoms with Gasteiger partial charge < -0.3 is 20.7 Å². The summed E-state index contributed by atoms with van der Waals surface area (Å²) in [5.74, 6) is -0.272. The Kier molecular flexibility index (Phi) is 7.14. The summed E-state index contributed by atoms with van der Waals surface area (Å²) < 4.78 is 5.23. The Labute approximate surface area is 130 Å². The SMILES string of the molecule is Cl.NCCC(=O)Nc1ccccc1C(=O)N1CCOCC1. The van der Waals surface area contributed by atoms with E-state index in [1.54, 1.807) is 29.2 Å². The fraction of sp³-hybridized carbons (Fsp3) is 0.429. The third-order valence-electron chi connectivity index (χ3n) is 3.10. The smallest absolute Gasteiger partial charge is 0.256 e. The van der Waals surface area contributed by atoms with Crippen LogP contribution in [-0.2, 0) is 9.53 Å². The fourth-order valence-electron chi connectivity index (χ4n) is 2.06. The lowest BCUT2D eigenvalue weighted by Crippen LogP contribution is -2.41. The van der Waals surface area contributed by atoms with E-state index in [1.807, 2.05) is 0 Å². The average molecular weight is 314 g/mol. The molecule has 0 spiro atoms. The van der Waals surface area contributed by atoms with E-state index in [0.717, 1.165) is 0 Å². The second-order valence-corrected chi connectivity index (χ2v) is 4.54. The van der Waals surface area contributed by atoms with Crippen molar-refractivity contribution in [3.63, 3.8) is 0 Å². The minimum absolute atomic E-state index is 0. The predicted molar refractivity (Wildman–Crippen MR) is 82.7 cm³/mol. The van der Waals surface area contributed by atoms with E-state index in [9.17, 15) is 9.59 Å². The lowest BCUT2D eigenvalue weighted by atomic mass is 10.1. The van der Waals surface area contributed by atoms with Gasteiger partial charge in [-0.15, -0.1) is 12.4 Å². The number of nitrogens with zero attached hydrogens (tertiary/aromatic N) is 1. The number of para-hydroxylation sites is 1. The number of halogens is 1. The van der Waals surface area contributed by atoms with Crippen molar-refractivity contribution in [3.05, 3.63) is 29.8 Å². The molecule has 0 saturated carbocycles. The summed E-state index contributed by atoms with van der Waals surface area (Å²) in [6.07, 6.45) is 0.236. The van der Waals surface area contributed by atoms with E-state index in [2.05, 4.69) is 5.32 Å². The number of rotatable bonds is 4. The summed E-state index contributed by atoms with van der Waals surface area (Å²) in [6, 6.07) is 7.01. The zero-order chi connectivity index (χ0) is 14.4. The standard InChI is InChI=1S/C14H19N3O3.ClH/c15-6-5-13(18)16-12-4-2-1-3-11(12)14(19)17-7-9-20-10-8-17;/h1-4H,5-10,15H2,(H,16,18);1H. The zero-order valence-electron chi connectivity index (χ0n) is 11.7. The molecule has 0 radical (unpaired) electrons. The first kappa shape index (κ1) is 17.4. The van der Waals surface area contributed by atoms with Crippen molar-refractivity contribution in [2.75, 3.05) is 38.2 Å². The Morgan fingerprint density at radius 1 is 1.24 bits per heavy atom. The van der Waals surface area contributed by atoms with Crippen molar-refractivity contribution in [3.8, 4) is 0 Å². The number of amides is 2. The van der Waals surface area contributed by atoms with Gasteiger partial charge in [0.25, 0.3) is 5.91 Å². The lowest BCUT2D eigenvalue weighted by Gasteiger charge is -2.27. The van der Waals surface area contributed by atoms with Gasteiger partial charge in [0, 0.05) is 26.1 Å². The minimum atomic E-state index is -0.185. The topological polar surface area (TPSA) is 84.7 Å². The van der Waals surface area contributed by atoms with E-state index < -0.39 is 0 Å². The second-order valence-electron chi connectivity index (χ2n) is 4.54. The number of anilines is 1. The van der Waals surface area contributed by atoms with Crippen LogP contribution in [0.4, 0.5) is 5.69 Å². The number of hydrogen-bond donors (Lipinski definition) is 2. The molecule has 3 N–H and O–H groups in total. The first-order valence-corrected chi connectivity index (χ1v) is 6.68. The van der Waals surface area contributed by atoms with Crippen LogP contribution >= 0.6 is 12.4 Å². The van der Waals surface area contributed by atoms with E-state index in [-0.39, 0.29) is 37.2 Å². The van der Waals surface area contributed by atoms with Crippen molar-refractivity contribution in [2.24, 2.45) is 5.73 Å². The molecule has 1 aromatic rings. The van der Waals surface area contributed by atoms with Gasteiger partial charge in [-0.25, -0.2) is 0 Å². The van der Waals surface area contributed by atoms with Gasteiger partial charge in [0.15, 0.2) is 0 Å². The largest absolute Gasteiger partial charge is 0.378 e. The monoisotopic (exact) mass is 313 g/mol.